The summed E-state index contributed by atoms with van der Waals surface area (Å²) in [5.74, 6) is -1.10. The summed E-state index contributed by atoms with van der Waals surface area (Å²) >= 11 is 0. The van der Waals surface area contributed by atoms with Crippen molar-refractivity contribution in [2.45, 2.75) is 24.5 Å². The smallest absolute Gasteiger partial charge is 0.747 e. The van der Waals surface area contributed by atoms with Crippen LogP contribution in [0, 0.1) is 0 Å². The summed E-state index contributed by atoms with van der Waals surface area (Å²) in [7, 11) is -4.66. The number of rotatable bonds is 3. The second-order valence-electron chi connectivity index (χ2n) is 2.93. The summed E-state index contributed by atoms with van der Waals surface area (Å²) in [6.07, 6.45) is -0.782. The molecule has 1 aliphatic carbocycles. The minimum atomic E-state index is -4.66. The van der Waals surface area contributed by atoms with Gasteiger partial charge in [0.1, 0.15) is 20.6 Å². The van der Waals surface area contributed by atoms with Gasteiger partial charge in [0.2, 0.25) is 0 Å². The van der Waals surface area contributed by atoms with Crippen molar-refractivity contribution in [3.63, 3.8) is 0 Å². The van der Waals surface area contributed by atoms with Gasteiger partial charge in [-0.25, -0.2) is 8.42 Å². The fraction of sp³-hybridized carbons (Fsp3) is 0.667. The maximum absolute atomic E-state index is 10.7. The molecule has 1 aliphatic rings. The SMILES string of the molecule is CC(=O)CC1(S(=O)(=O)[O-])CC1=O.[Na+]. The van der Waals surface area contributed by atoms with Crippen LogP contribution in [0.15, 0.2) is 0 Å². The standard InChI is InChI=1S/C6H8O5S.Na/c1-4(7)2-6(3-5(6)8)12(9,10)11;/h2-3H2,1H3,(H,9,10,11);/q;+1/p-1. The summed E-state index contributed by atoms with van der Waals surface area (Å²) < 4.78 is 29.7. The monoisotopic (exact) mass is 214 g/mol. The molecule has 1 rings (SSSR count). The fourth-order valence-corrected chi connectivity index (χ4v) is 2.06. The van der Waals surface area contributed by atoms with Crippen LogP contribution in [-0.2, 0) is 19.7 Å². The molecule has 0 N–H and O–H groups in total. The first-order chi connectivity index (χ1) is 5.29. The molecule has 0 aromatic rings. The third kappa shape index (κ3) is 2.38. The van der Waals surface area contributed by atoms with Gasteiger partial charge in [-0.05, 0) is 6.92 Å². The van der Waals surface area contributed by atoms with Crippen LogP contribution in [0.3, 0.4) is 0 Å². The molecule has 0 bridgehead atoms. The van der Waals surface area contributed by atoms with E-state index >= 15 is 0 Å². The average Bonchev–Trinajstić information content (AvgIpc) is 2.38. The predicted octanol–water partition coefficient (Wildman–Crippen LogP) is -3.77. The molecular formula is C6H7NaO5S. The van der Waals surface area contributed by atoms with Crippen LogP contribution in [0.25, 0.3) is 0 Å². The van der Waals surface area contributed by atoms with Crippen molar-refractivity contribution in [1.82, 2.24) is 0 Å². The van der Waals surface area contributed by atoms with Gasteiger partial charge in [0.25, 0.3) is 0 Å². The van der Waals surface area contributed by atoms with Gasteiger partial charge in [0.15, 0.2) is 5.78 Å². The zero-order valence-corrected chi connectivity index (χ0v) is 10.2. The molecular weight excluding hydrogens is 207 g/mol. The van der Waals surface area contributed by atoms with E-state index in [1.54, 1.807) is 0 Å². The van der Waals surface area contributed by atoms with Crippen molar-refractivity contribution < 1.29 is 52.1 Å². The summed E-state index contributed by atoms with van der Waals surface area (Å²) in [5, 5.41) is 0. The van der Waals surface area contributed by atoms with Crippen LogP contribution in [0.4, 0.5) is 0 Å². The Hall–Kier alpha value is 0.250. The minimum Gasteiger partial charge on any atom is -0.747 e. The number of hydrogen-bond donors (Lipinski definition) is 0. The molecule has 1 saturated carbocycles. The van der Waals surface area contributed by atoms with Gasteiger partial charge in [-0.3, -0.25) is 9.59 Å². The third-order valence-corrected chi connectivity index (χ3v) is 3.32. The van der Waals surface area contributed by atoms with E-state index in [1.165, 1.54) is 0 Å². The van der Waals surface area contributed by atoms with E-state index in [9.17, 15) is 22.6 Å². The second-order valence-corrected chi connectivity index (χ2v) is 4.62. The molecule has 0 aromatic heterocycles. The van der Waals surface area contributed by atoms with Crippen LogP contribution >= 0.6 is 0 Å². The van der Waals surface area contributed by atoms with Crippen molar-refractivity contribution in [3.8, 4) is 0 Å². The van der Waals surface area contributed by atoms with Crippen LogP contribution in [-0.4, -0.2) is 29.3 Å². The summed E-state index contributed by atoms with van der Waals surface area (Å²) in [4.78, 5) is 21.2. The Labute approximate surface area is 97.9 Å². The van der Waals surface area contributed by atoms with Crippen molar-refractivity contribution >= 4 is 21.7 Å². The van der Waals surface area contributed by atoms with Crippen LogP contribution in [0.1, 0.15) is 19.8 Å². The first-order valence-electron chi connectivity index (χ1n) is 3.28. The van der Waals surface area contributed by atoms with Crippen molar-refractivity contribution in [1.29, 1.82) is 0 Å². The van der Waals surface area contributed by atoms with E-state index < -0.39 is 32.9 Å². The van der Waals surface area contributed by atoms with Gasteiger partial charge in [0.05, 0.1) is 0 Å². The normalized spacial score (nSPS) is 26.5. The van der Waals surface area contributed by atoms with Gasteiger partial charge in [-0.15, -0.1) is 0 Å². The van der Waals surface area contributed by atoms with Gasteiger partial charge in [-0.2, -0.15) is 0 Å². The number of carbonyl (C=O) groups excluding carboxylic acids is 2. The Kier molecular flexibility index (Phi) is 3.85. The van der Waals surface area contributed by atoms with Crippen molar-refractivity contribution in [2.24, 2.45) is 0 Å². The predicted molar refractivity (Wildman–Crippen MR) is 37.4 cm³/mol. The number of hydrogen-bond acceptors (Lipinski definition) is 5. The maximum Gasteiger partial charge on any atom is 1.00 e. The van der Waals surface area contributed by atoms with Crippen LogP contribution in [0.2, 0.25) is 0 Å². The molecule has 0 aliphatic heterocycles. The van der Waals surface area contributed by atoms with E-state index in [-0.39, 0.29) is 36.0 Å². The molecule has 5 nitrogen and oxygen atoms in total. The molecule has 0 saturated heterocycles. The third-order valence-electron chi connectivity index (χ3n) is 1.84. The summed E-state index contributed by atoms with van der Waals surface area (Å²) in [5.41, 5.74) is 0. The minimum absolute atomic E-state index is 0. The van der Waals surface area contributed by atoms with Gasteiger partial charge in [-0.1, -0.05) is 0 Å². The quantitative estimate of drug-likeness (QED) is 0.355. The molecule has 1 unspecified atom stereocenters. The number of carbonyl (C=O) groups is 2. The Morgan fingerprint density at radius 1 is 1.62 bits per heavy atom. The molecule has 13 heavy (non-hydrogen) atoms. The summed E-state index contributed by atoms with van der Waals surface area (Å²) in [6, 6.07) is 0. The van der Waals surface area contributed by atoms with E-state index in [1.807, 2.05) is 0 Å². The van der Waals surface area contributed by atoms with Crippen molar-refractivity contribution in [3.05, 3.63) is 0 Å². The molecule has 7 heteroatoms. The molecule has 0 radical (unpaired) electrons. The molecule has 0 amide bonds. The van der Waals surface area contributed by atoms with Crippen LogP contribution < -0.4 is 29.6 Å². The van der Waals surface area contributed by atoms with E-state index in [4.69, 9.17) is 0 Å². The zero-order valence-electron chi connectivity index (χ0n) is 7.36. The number of Topliss-reactive ketones (excluding diaryl/α,β-unsaturated/α-hetero) is 2. The van der Waals surface area contributed by atoms with Crippen molar-refractivity contribution in [2.75, 3.05) is 0 Å². The van der Waals surface area contributed by atoms with E-state index in [2.05, 4.69) is 0 Å². The summed E-state index contributed by atoms with van der Waals surface area (Å²) in [6.45, 7) is 1.15. The average molecular weight is 214 g/mol. The molecule has 68 valence electrons. The fourth-order valence-electron chi connectivity index (χ4n) is 1.09. The van der Waals surface area contributed by atoms with E-state index in [0.717, 1.165) is 6.92 Å². The Bertz CT molecular complexity index is 346. The Balaban J connectivity index is 0.00000144. The van der Waals surface area contributed by atoms with E-state index in [0.29, 0.717) is 0 Å². The molecule has 1 fully saturated rings. The number of ketones is 2. The Morgan fingerprint density at radius 3 is 2.08 bits per heavy atom. The van der Waals surface area contributed by atoms with Crippen LogP contribution in [0.5, 0.6) is 0 Å². The van der Waals surface area contributed by atoms with Gasteiger partial charge in [0, 0.05) is 12.8 Å². The van der Waals surface area contributed by atoms with Gasteiger partial charge >= 0.3 is 29.6 Å². The second kappa shape index (κ2) is 3.78. The zero-order chi connectivity index (χ0) is 9.57. The Morgan fingerprint density at radius 2 is 2.00 bits per heavy atom. The first-order valence-corrected chi connectivity index (χ1v) is 4.68. The van der Waals surface area contributed by atoms with Gasteiger partial charge < -0.3 is 4.55 Å². The largest absolute Gasteiger partial charge is 1.00 e. The molecule has 0 heterocycles. The topological polar surface area (TPSA) is 91.3 Å². The first kappa shape index (κ1) is 13.2. The molecule has 0 aromatic carbocycles. The molecule has 0 spiro atoms. The molecule has 1 atom stereocenters. The maximum atomic E-state index is 10.7.